The summed E-state index contributed by atoms with van der Waals surface area (Å²) in [5.74, 6) is 0.0389. The molecule has 0 saturated carbocycles. The molecule has 1 N–H and O–H groups in total. The minimum absolute atomic E-state index is 0.0998. The van der Waals surface area contributed by atoms with Gasteiger partial charge in [-0.2, -0.15) is 0 Å². The monoisotopic (exact) mass is 265 g/mol. The number of carbonyl (C=O) groups excluding carboxylic acids is 1. The highest BCUT2D eigenvalue weighted by Crippen LogP contribution is 2.21. The Morgan fingerprint density at radius 2 is 2.11 bits per heavy atom. The molecule has 0 spiro atoms. The maximum absolute atomic E-state index is 11.9. The van der Waals surface area contributed by atoms with Crippen molar-refractivity contribution in [1.29, 1.82) is 0 Å². The summed E-state index contributed by atoms with van der Waals surface area (Å²) < 4.78 is 16.1. The van der Waals surface area contributed by atoms with Crippen molar-refractivity contribution in [3.05, 3.63) is 29.8 Å². The quantitative estimate of drug-likeness (QED) is 0.898. The molecule has 1 aromatic carbocycles. The molecule has 0 radical (unpaired) electrons. The number of rotatable bonds is 4. The number of carbonyl (C=O) groups is 1. The lowest BCUT2D eigenvalue weighted by atomic mass is 10.2. The Bertz CT molecular complexity index is 441. The van der Waals surface area contributed by atoms with Gasteiger partial charge in [-0.3, -0.25) is 4.79 Å². The minimum Gasteiger partial charge on any atom is -0.497 e. The van der Waals surface area contributed by atoms with Crippen molar-refractivity contribution in [2.75, 3.05) is 20.3 Å². The second kappa shape index (κ2) is 5.59. The molecule has 1 fully saturated rings. The molecule has 5 nitrogen and oxygen atoms in total. The topological polar surface area (TPSA) is 56.8 Å². The molecule has 0 aromatic heterocycles. The first-order chi connectivity index (χ1) is 9.00. The standard InChI is InChI=1S/C14H19NO4/c1-14(2)18-9-12(19-14)8-15-13(16)10-4-6-11(17-3)7-5-10/h4-7,12H,8-9H2,1-3H3,(H,15,16). The van der Waals surface area contributed by atoms with Gasteiger partial charge >= 0.3 is 0 Å². The van der Waals surface area contributed by atoms with Gasteiger partial charge < -0.3 is 19.5 Å². The summed E-state index contributed by atoms with van der Waals surface area (Å²) in [6.45, 7) is 4.65. The van der Waals surface area contributed by atoms with Crippen LogP contribution in [0.25, 0.3) is 0 Å². The van der Waals surface area contributed by atoms with E-state index in [0.717, 1.165) is 5.75 Å². The maximum Gasteiger partial charge on any atom is 0.251 e. The molecule has 1 aliphatic heterocycles. The van der Waals surface area contributed by atoms with E-state index in [9.17, 15) is 4.79 Å². The number of benzene rings is 1. The van der Waals surface area contributed by atoms with E-state index in [0.29, 0.717) is 18.7 Å². The lowest BCUT2D eigenvalue weighted by Crippen LogP contribution is -2.34. The summed E-state index contributed by atoms with van der Waals surface area (Å²) in [7, 11) is 1.59. The Morgan fingerprint density at radius 3 is 2.63 bits per heavy atom. The summed E-state index contributed by atoms with van der Waals surface area (Å²) in [6.07, 6.45) is -0.0998. The Morgan fingerprint density at radius 1 is 1.42 bits per heavy atom. The van der Waals surface area contributed by atoms with Crippen LogP contribution in [0.15, 0.2) is 24.3 Å². The predicted octanol–water partition coefficient (Wildman–Crippen LogP) is 1.58. The van der Waals surface area contributed by atoms with E-state index < -0.39 is 5.79 Å². The zero-order valence-corrected chi connectivity index (χ0v) is 11.4. The number of hydrogen-bond acceptors (Lipinski definition) is 4. The fourth-order valence-corrected chi connectivity index (χ4v) is 1.91. The van der Waals surface area contributed by atoms with Crippen LogP contribution in [0.2, 0.25) is 0 Å². The van der Waals surface area contributed by atoms with Gasteiger partial charge in [0.2, 0.25) is 0 Å². The number of amides is 1. The van der Waals surface area contributed by atoms with E-state index >= 15 is 0 Å². The van der Waals surface area contributed by atoms with Crippen molar-refractivity contribution in [2.45, 2.75) is 25.7 Å². The lowest BCUT2D eigenvalue weighted by Gasteiger charge is -2.17. The fraction of sp³-hybridized carbons (Fsp3) is 0.500. The van der Waals surface area contributed by atoms with Crippen LogP contribution in [0.1, 0.15) is 24.2 Å². The molecule has 1 atom stereocenters. The van der Waals surface area contributed by atoms with Crippen molar-refractivity contribution >= 4 is 5.91 Å². The van der Waals surface area contributed by atoms with Crippen LogP contribution in [0, 0.1) is 0 Å². The number of methoxy groups -OCH3 is 1. The first kappa shape index (κ1) is 13.8. The summed E-state index contributed by atoms with van der Waals surface area (Å²) >= 11 is 0. The van der Waals surface area contributed by atoms with Gasteiger partial charge in [-0.1, -0.05) is 0 Å². The van der Waals surface area contributed by atoms with E-state index in [4.69, 9.17) is 14.2 Å². The highest BCUT2D eigenvalue weighted by Gasteiger charge is 2.32. The summed E-state index contributed by atoms with van der Waals surface area (Å²) in [5.41, 5.74) is 0.596. The maximum atomic E-state index is 11.9. The third-order valence-electron chi connectivity index (χ3n) is 2.91. The van der Waals surface area contributed by atoms with Gasteiger partial charge in [-0.15, -0.1) is 0 Å². The van der Waals surface area contributed by atoms with Crippen LogP contribution < -0.4 is 10.1 Å². The molecule has 1 amide bonds. The average Bonchev–Trinajstić information content (AvgIpc) is 2.76. The van der Waals surface area contributed by atoms with E-state index in [1.54, 1.807) is 31.4 Å². The predicted molar refractivity (Wildman–Crippen MR) is 70.2 cm³/mol. The van der Waals surface area contributed by atoms with Gasteiger partial charge in [0.1, 0.15) is 11.9 Å². The SMILES string of the molecule is COc1ccc(C(=O)NCC2COC(C)(C)O2)cc1. The highest BCUT2D eigenvalue weighted by molar-refractivity contribution is 5.94. The van der Waals surface area contributed by atoms with E-state index in [2.05, 4.69) is 5.32 Å². The number of nitrogens with one attached hydrogen (secondary N) is 1. The Hall–Kier alpha value is -1.59. The molecular formula is C14H19NO4. The third-order valence-corrected chi connectivity index (χ3v) is 2.91. The summed E-state index contributed by atoms with van der Waals surface area (Å²) in [6, 6.07) is 6.97. The van der Waals surface area contributed by atoms with Crippen molar-refractivity contribution < 1.29 is 19.0 Å². The number of hydrogen-bond donors (Lipinski definition) is 1. The van der Waals surface area contributed by atoms with Gasteiger partial charge in [0, 0.05) is 12.1 Å². The molecular weight excluding hydrogens is 246 g/mol. The zero-order chi connectivity index (χ0) is 13.9. The van der Waals surface area contributed by atoms with Crippen LogP contribution in [0.5, 0.6) is 5.75 Å². The van der Waals surface area contributed by atoms with Crippen LogP contribution >= 0.6 is 0 Å². The molecule has 19 heavy (non-hydrogen) atoms. The Balaban J connectivity index is 1.84. The zero-order valence-electron chi connectivity index (χ0n) is 11.4. The van der Waals surface area contributed by atoms with Crippen molar-refractivity contribution in [2.24, 2.45) is 0 Å². The second-order valence-electron chi connectivity index (χ2n) is 4.89. The van der Waals surface area contributed by atoms with Crippen LogP contribution in [-0.4, -0.2) is 38.1 Å². The molecule has 2 rings (SSSR count). The second-order valence-corrected chi connectivity index (χ2v) is 4.89. The van der Waals surface area contributed by atoms with Crippen LogP contribution in [0.3, 0.4) is 0 Å². The van der Waals surface area contributed by atoms with E-state index in [1.807, 2.05) is 13.8 Å². The molecule has 1 aromatic rings. The largest absolute Gasteiger partial charge is 0.497 e. The molecule has 1 heterocycles. The van der Waals surface area contributed by atoms with Crippen LogP contribution in [0.4, 0.5) is 0 Å². The highest BCUT2D eigenvalue weighted by atomic mass is 16.7. The van der Waals surface area contributed by atoms with Gasteiger partial charge in [-0.25, -0.2) is 0 Å². The van der Waals surface area contributed by atoms with Crippen LogP contribution in [-0.2, 0) is 9.47 Å². The molecule has 104 valence electrons. The molecule has 0 aliphatic carbocycles. The van der Waals surface area contributed by atoms with Crippen molar-refractivity contribution in [3.8, 4) is 5.75 Å². The molecule has 5 heteroatoms. The molecule has 1 aliphatic rings. The summed E-state index contributed by atoms with van der Waals surface area (Å²) in [5, 5.41) is 2.83. The van der Waals surface area contributed by atoms with Gasteiger partial charge in [0.05, 0.1) is 13.7 Å². The lowest BCUT2D eigenvalue weighted by molar-refractivity contribution is -0.137. The minimum atomic E-state index is -0.560. The number of ether oxygens (including phenoxy) is 3. The average molecular weight is 265 g/mol. The first-order valence-electron chi connectivity index (χ1n) is 6.24. The Kier molecular flexibility index (Phi) is 4.07. The van der Waals surface area contributed by atoms with Crippen molar-refractivity contribution in [3.63, 3.8) is 0 Å². The fourth-order valence-electron chi connectivity index (χ4n) is 1.91. The molecule has 1 unspecified atom stereocenters. The van der Waals surface area contributed by atoms with Crippen molar-refractivity contribution in [1.82, 2.24) is 5.32 Å². The molecule has 0 bridgehead atoms. The smallest absolute Gasteiger partial charge is 0.251 e. The van der Waals surface area contributed by atoms with Gasteiger partial charge in [0.25, 0.3) is 5.91 Å². The van der Waals surface area contributed by atoms with E-state index in [1.165, 1.54) is 0 Å². The Labute approximate surface area is 112 Å². The van der Waals surface area contributed by atoms with E-state index in [-0.39, 0.29) is 12.0 Å². The summed E-state index contributed by atoms with van der Waals surface area (Å²) in [4.78, 5) is 11.9. The van der Waals surface area contributed by atoms with Gasteiger partial charge in [-0.05, 0) is 38.1 Å². The normalized spacial score (nSPS) is 21.1. The third kappa shape index (κ3) is 3.68. The molecule has 1 saturated heterocycles. The first-order valence-corrected chi connectivity index (χ1v) is 6.24. The van der Waals surface area contributed by atoms with Gasteiger partial charge in [0.15, 0.2) is 5.79 Å².